The molecule has 0 radical (unpaired) electrons. The monoisotopic (exact) mass is 674 g/mol. The van der Waals surface area contributed by atoms with E-state index < -0.39 is 10.4 Å². The number of nitrogens with two attached hydrogens (primary N) is 4. The summed E-state index contributed by atoms with van der Waals surface area (Å²) in [7, 11) is -4.67. The summed E-state index contributed by atoms with van der Waals surface area (Å²) in [5.74, 6) is -0.467. The maximum Gasteiger partial charge on any atom is 0.394 e. The highest BCUT2D eigenvalue weighted by atomic mass is 32.3. The van der Waals surface area contributed by atoms with Crippen molar-refractivity contribution in [3.05, 3.63) is 80.6 Å². The van der Waals surface area contributed by atoms with Gasteiger partial charge in [-0.15, -0.1) is 0 Å². The number of carbonyl (C=O) groups excluding carboxylic acids is 2. The third-order valence-electron chi connectivity index (χ3n) is 5.66. The number of guanidine groups is 2. The minimum absolute atomic E-state index is 0.0162. The summed E-state index contributed by atoms with van der Waals surface area (Å²) < 4.78 is 31.6. The predicted molar refractivity (Wildman–Crippen MR) is 174 cm³/mol. The lowest BCUT2D eigenvalue weighted by atomic mass is 10.1. The average Bonchev–Trinajstić information content (AvgIpc) is 3.00. The van der Waals surface area contributed by atoms with Crippen LogP contribution in [-0.2, 0) is 32.8 Å². The van der Waals surface area contributed by atoms with E-state index in [0.717, 1.165) is 0 Å². The van der Waals surface area contributed by atoms with Gasteiger partial charge in [0.15, 0.2) is 11.9 Å². The van der Waals surface area contributed by atoms with Gasteiger partial charge in [0.1, 0.15) is 0 Å². The molecule has 252 valence electrons. The van der Waals surface area contributed by atoms with Crippen LogP contribution in [0.4, 0.5) is 0 Å². The first-order chi connectivity index (χ1) is 22.2. The molecule has 0 aliphatic carbocycles. The highest BCUT2D eigenvalue weighted by molar-refractivity contribution is 7.79. The Hall–Kier alpha value is -5.93. The molecule has 0 aliphatic rings. The molecule has 0 fully saturated rings. The topological polar surface area (TPSA) is 353 Å². The first-order valence-electron chi connectivity index (χ1n) is 13.4. The summed E-state index contributed by atoms with van der Waals surface area (Å²) >= 11 is 0. The van der Waals surface area contributed by atoms with Crippen LogP contribution in [0.1, 0.15) is 11.4 Å². The highest BCUT2D eigenvalue weighted by Gasteiger charge is 2.11. The normalized spacial score (nSPS) is 10.4. The molecule has 4 aromatic rings. The molecule has 0 saturated heterocycles. The van der Waals surface area contributed by atoms with Crippen molar-refractivity contribution in [2.45, 2.75) is 12.8 Å². The van der Waals surface area contributed by atoms with Crippen molar-refractivity contribution < 1.29 is 27.1 Å². The van der Waals surface area contributed by atoms with Gasteiger partial charge in [0.05, 0.1) is 48.1 Å². The van der Waals surface area contributed by atoms with Crippen molar-refractivity contribution in [3.8, 4) is 0 Å². The van der Waals surface area contributed by atoms with Gasteiger partial charge >= 0.3 is 10.4 Å². The number of amides is 2. The smallest absolute Gasteiger partial charge is 0.370 e. The number of carbonyl (C=O) groups is 2. The first kappa shape index (κ1) is 37.3. The number of aliphatic imine (C=N–C) groups is 2. The highest BCUT2D eigenvalue weighted by Crippen LogP contribution is 2.13. The molecule has 21 heteroatoms. The van der Waals surface area contributed by atoms with E-state index in [1.165, 1.54) is 0 Å². The summed E-state index contributed by atoms with van der Waals surface area (Å²) in [5.41, 5.74) is 21.2. The molecule has 47 heavy (non-hydrogen) atoms. The maximum atomic E-state index is 11.8. The molecule has 20 nitrogen and oxygen atoms in total. The minimum Gasteiger partial charge on any atom is -0.370 e. The molecular formula is C26H34N12O8S. The summed E-state index contributed by atoms with van der Waals surface area (Å²) in [6, 6.07) is 14.0. The van der Waals surface area contributed by atoms with E-state index in [4.69, 9.17) is 40.5 Å². The Morgan fingerprint density at radius 3 is 1.32 bits per heavy atom. The second-order valence-electron chi connectivity index (χ2n) is 9.20. The molecule has 0 spiro atoms. The zero-order chi connectivity index (χ0) is 35.0. The first-order valence-corrected chi connectivity index (χ1v) is 14.8. The number of fused-ring (bicyclic) bond motifs is 2. The van der Waals surface area contributed by atoms with Crippen LogP contribution in [0.2, 0.25) is 0 Å². The number of rotatable bonds is 10. The van der Waals surface area contributed by atoms with Crippen LogP contribution in [0.3, 0.4) is 0 Å². The van der Waals surface area contributed by atoms with Crippen molar-refractivity contribution in [2.24, 2.45) is 32.9 Å². The number of nitrogens with zero attached hydrogens (tertiary/aromatic N) is 4. The molecular weight excluding hydrogens is 640 g/mol. The fourth-order valence-electron chi connectivity index (χ4n) is 3.80. The van der Waals surface area contributed by atoms with Gasteiger partial charge in [-0.05, 0) is 12.1 Å². The van der Waals surface area contributed by atoms with Gasteiger partial charge in [0.2, 0.25) is 11.8 Å². The number of H-pyrrole nitrogens is 2. The van der Waals surface area contributed by atoms with Crippen molar-refractivity contribution >= 4 is 55.7 Å². The number of nitrogens with one attached hydrogen (secondary N) is 4. The second-order valence-corrected chi connectivity index (χ2v) is 10.1. The van der Waals surface area contributed by atoms with Crippen LogP contribution in [-0.4, -0.2) is 87.8 Å². The summed E-state index contributed by atoms with van der Waals surface area (Å²) in [6.07, 6.45) is 0.137. The van der Waals surface area contributed by atoms with Crippen molar-refractivity contribution in [3.63, 3.8) is 0 Å². The average molecular weight is 675 g/mol. The van der Waals surface area contributed by atoms with E-state index in [2.05, 4.69) is 41.0 Å². The van der Waals surface area contributed by atoms with Gasteiger partial charge in [-0.3, -0.25) is 38.3 Å². The Morgan fingerprint density at radius 1 is 0.681 bits per heavy atom. The lowest BCUT2D eigenvalue weighted by Gasteiger charge is -2.05. The van der Waals surface area contributed by atoms with Crippen LogP contribution in [0.25, 0.3) is 21.5 Å². The number of aromatic nitrogens is 4. The predicted octanol–water partition coefficient (Wildman–Crippen LogP) is -2.94. The van der Waals surface area contributed by atoms with Gasteiger partial charge in [-0.1, -0.05) is 36.4 Å². The lowest BCUT2D eigenvalue weighted by Crippen LogP contribution is -2.30. The molecule has 2 heterocycles. The van der Waals surface area contributed by atoms with Gasteiger partial charge in [-0.25, -0.2) is 10.2 Å². The fourth-order valence-corrected chi connectivity index (χ4v) is 3.80. The number of hydrogen-bond donors (Lipinski definition) is 10. The van der Waals surface area contributed by atoms with E-state index in [1.54, 1.807) is 48.5 Å². The van der Waals surface area contributed by atoms with Crippen LogP contribution in [0.15, 0.2) is 68.1 Å². The SMILES string of the molecule is NC(N)=NCCNC(=O)Cc1n[nH]c(=O)c2ccccc12.NC(N)=NCCNC(=O)Cc1n[nH]c(=O)c2ccccc12.O=S(=O)(O)O. The third-order valence-corrected chi connectivity index (χ3v) is 5.66. The minimum atomic E-state index is -4.67. The fraction of sp³-hybridized carbons (Fsp3) is 0.231. The van der Waals surface area contributed by atoms with Crippen LogP contribution < -0.4 is 44.7 Å². The lowest BCUT2D eigenvalue weighted by molar-refractivity contribution is -0.121. The Kier molecular flexibility index (Phi) is 14.4. The van der Waals surface area contributed by atoms with Gasteiger partial charge in [0.25, 0.3) is 11.1 Å². The standard InChI is InChI=1S/2C13H16N6O2.H2O4S/c2*14-13(15)17-6-5-16-11(20)7-10-8-3-1-2-4-9(8)12(21)19-18-10;1-5(2,3)4/h2*1-4H,5-7H2,(H,16,20)(H,19,21)(H4,14,15,17);(H2,1,2,3,4). The molecule has 0 bridgehead atoms. The van der Waals surface area contributed by atoms with Gasteiger partial charge in [-0.2, -0.15) is 18.6 Å². The Morgan fingerprint density at radius 2 is 1.00 bits per heavy atom. The number of hydrogen-bond acceptors (Lipinski definition) is 10. The molecule has 0 atom stereocenters. The Labute approximate surface area is 266 Å². The maximum absolute atomic E-state index is 11.8. The van der Waals surface area contributed by atoms with Crippen LogP contribution in [0.5, 0.6) is 0 Å². The molecule has 2 aromatic carbocycles. The van der Waals surface area contributed by atoms with E-state index >= 15 is 0 Å². The summed E-state index contributed by atoms with van der Waals surface area (Å²) in [6.45, 7) is 1.29. The molecule has 0 unspecified atom stereocenters. The van der Waals surface area contributed by atoms with E-state index in [1.807, 2.05) is 0 Å². The molecule has 0 aliphatic heterocycles. The Balaban J connectivity index is 0.000000286. The summed E-state index contributed by atoms with van der Waals surface area (Å²) in [5, 5.41) is 20.4. The Bertz CT molecular complexity index is 1830. The molecule has 2 amide bonds. The number of aromatic amines is 2. The molecule has 2 aromatic heterocycles. The van der Waals surface area contributed by atoms with E-state index in [0.29, 0.717) is 59.1 Å². The third kappa shape index (κ3) is 14.1. The summed E-state index contributed by atoms with van der Waals surface area (Å²) in [4.78, 5) is 54.5. The van der Waals surface area contributed by atoms with Crippen LogP contribution >= 0.6 is 0 Å². The number of benzene rings is 2. The van der Waals surface area contributed by atoms with Crippen molar-refractivity contribution in [1.29, 1.82) is 0 Å². The van der Waals surface area contributed by atoms with Crippen LogP contribution in [0, 0.1) is 0 Å². The molecule has 14 N–H and O–H groups in total. The zero-order valence-electron chi connectivity index (χ0n) is 24.7. The van der Waals surface area contributed by atoms with E-state index in [9.17, 15) is 19.2 Å². The second kappa shape index (κ2) is 18.1. The molecule has 0 saturated carbocycles. The largest absolute Gasteiger partial charge is 0.394 e. The van der Waals surface area contributed by atoms with Crippen molar-refractivity contribution in [2.75, 3.05) is 26.2 Å². The van der Waals surface area contributed by atoms with Gasteiger partial charge < -0.3 is 33.6 Å². The zero-order valence-corrected chi connectivity index (χ0v) is 25.5. The van der Waals surface area contributed by atoms with E-state index in [-0.39, 0.29) is 47.7 Å². The van der Waals surface area contributed by atoms with Crippen molar-refractivity contribution in [1.82, 2.24) is 31.0 Å². The van der Waals surface area contributed by atoms with Gasteiger partial charge in [0, 0.05) is 23.9 Å². The molecule has 4 rings (SSSR count). The quantitative estimate of drug-likeness (QED) is 0.0348.